The van der Waals surface area contributed by atoms with Crippen molar-refractivity contribution in [2.75, 3.05) is 39.2 Å². The Bertz CT molecular complexity index is 684. The Balaban J connectivity index is 1.96. The van der Waals surface area contributed by atoms with E-state index >= 15 is 0 Å². The predicted molar refractivity (Wildman–Crippen MR) is 104 cm³/mol. The minimum Gasteiger partial charge on any atom is -0.354 e. The summed E-state index contributed by atoms with van der Waals surface area (Å²) in [6.45, 7) is 2.84. The van der Waals surface area contributed by atoms with Crippen molar-refractivity contribution < 1.29 is 8.42 Å². The van der Waals surface area contributed by atoms with Crippen LogP contribution >= 0.6 is 0 Å². The van der Waals surface area contributed by atoms with Crippen molar-refractivity contribution in [2.45, 2.75) is 31.8 Å². The molecule has 1 aromatic carbocycles. The number of benzene rings is 1. The van der Waals surface area contributed by atoms with Gasteiger partial charge in [0, 0.05) is 19.6 Å². The van der Waals surface area contributed by atoms with Crippen molar-refractivity contribution in [1.82, 2.24) is 15.5 Å². The Morgan fingerprint density at radius 1 is 1.32 bits per heavy atom. The fraction of sp³-hybridized carbons (Fsp3) is 0.611. The van der Waals surface area contributed by atoms with E-state index in [1.807, 2.05) is 0 Å². The third kappa shape index (κ3) is 5.71. The summed E-state index contributed by atoms with van der Waals surface area (Å²) < 4.78 is 23.2. The van der Waals surface area contributed by atoms with E-state index in [2.05, 4.69) is 65.8 Å². The van der Waals surface area contributed by atoms with Crippen molar-refractivity contribution in [1.29, 1.82) is 0 Å². The number of aryl methyl sites for hydroxylation is 1. The van der Waals surface area contributed by atoms with E-state index in [0.717, 1.165) is 6.42 Å². The molecule has 0 aliphatic carbocycles. The van der Waals surface area contributed by atoms with Gasteiger partial charge in [-0.05, 0) is 38.1 Å². The number of hydrogen-bond acceptors (Lipinski definition) is 4. The fourth-order valence-electron chi connectivity index (χ4n) is 3.06. The number of guanidine groups is 1. The molecule has 1 aliphatic heterocycles. The first-order valence-corrected chi connectivity index (χ1v) is 10.6. The molecule has 1 saturated heterocycles. The molecule has 0 bridgehead atoms. The number of nitrogens with one attached hydrogen (secondary N) is 2. The van der Waals surface area contributed by atoms with Crippen molar-refractivity contribution in [2.24, 2.45) is 4.99 Å². The quantitative estimate of drug-likeness (QED) is 0.585. The highest BCUT2D eigenvalue weighted by Gasteiger charge is 2.28. The van der Waals surface area contributed by atoms with Crippen LogP contribution in [0.25, 0.3) is 0 Å². The number of hydrogen-bond donors (Lipinski definition) is 2. The minimum atomic E-state index is -2.90. The number of rotatable bonds is 6. The molecule has 140 valence electrons. The van der Waals surface area contributed by atoms with Crippen LogP contribution in [0.4, 0.5) is 0 Å². The van der Waals surface area contributed by atoms with Gasteiger partial charge in [0.05, 0.1) is 17.5 Å². The van der Waals surface area contributed by atoms with Crippen LogP contribution in [0.1, 0.15) is 30.5 Å². The van der Waals surface area contributed by atoms with E-state index in [9.17, 15) is 8.42 Å². The summed E-state index contributed by atoms with van der Waals surface area (Å²) in [5, 5.41) is 6.56. The maximum Gasteiger partial charge on any atom is 0.191 e. The number of likely N-dealkylation sites (N-methyl/N-ethyl adjacent to an activating group) is 1. The molecule has 0 radical (unpaired) electrons. The van der Waals surface area contributed by atoms with E-state index in [0.29, 0.717) is 18.9 Å². The van der Waals surface area contributed by atoms with Gasteiger partial charge in [0.2, 0.25) is 0 Å². The molecule has 1 fully saturated rings. The zero-order chi connectivity index (χ0) is 18.4. The van der Waals surface area contributed by atoms with Crippen LogP contribution in [-0.4, -0.2) is 64.5 Å². The largest absolute Gasteiger partial charge is 0.354 e. The maximum atomic E-state index is 11.6. The topological polar surface area (TPSA) is 73.8 Å². The summed E-state index contributed by atoms with van der Waals surface area (Å²) in [7, 11) is 2.92. The van der Waals surface area contributed by atoms with Crippen LogP contribution in [0, 0.1) is 0 Å². The van der Waals surface area contributed by atoms with Gasteiger partial charge in [-0.15, -0.1) is 0 Å². The summed E-state index contributed by atoms with van der Waals surface area (Å²) in [5.74, 6) is 1.09. The third-order valence-corrected chi connectivity index (χ3v) is 6.42. The molecule has 2 N–H and O–H groups in total. The molecule has 1 heterocycles. The van der Waals surface area contributed by atoms with E-state index < -0.39 is 9.84 Å². The lowest BCUT2D eigenvalue weighted by molar-refractivity contribution is 0.298. The second kappa shape index (κ2) is 8.67. The average Bonchev–Trinajstić information content (AvgIpc) is 2.92. The van der Waals surface area contributed by atoms with Gasteiger partial charge in [-0.1, -0.05) is 31.2 Å². The molecule has 1 aliphatic rings. The molecule has 25 heavy (non-hydrogen) atoms. The molecule has 0 amide bonds. The van der Waals surface area contributed by atoms with Gasteiger partial charge < -0.3 is 15.5 Å². The first-order chi connectivity index (χ1) is 11.8. The highest BCUT2D eigenvalue weighted by Crippen LogP contribution is 2.18. The van der Waals surface area contributed by atoms with Gasteiger partial charge in [0.1, 0.15) is 0 Å². The summed E-state index contributed by atoms with van der Waals surface area (Å²) in [6.07, 6.45) is 1.67. The van der Waals surface area contributed by atoms with Crippen LogP contribution in [-0.2, 0) is 16.3 Å². The fourth-order valence-corrected chi connectivity index (χ4v) is 4.74. The molecular formula is C18H30N4O2S. The molecule has 2 rings (SSSR count). The highest BCUT2D eigenvalue weighted by atomic mass is 32.2. The van der Waals surface area contributed by atoms with Gasteiger partial charge in [-0.2, -0.15) is 0 Å². The Hall–Kier alpha value is -1.60. The zero-order valence-electron chi connectivity index (χ0n) is 15.6. The highest BCUT2D eigenvalue weighted by molar-refractivity contribution is 7.91. The third-order valence-electron chi connectivity index (χ3n) is 4.66. The van der Waals surface area contributed by atoms with Crippen molar-refractivity contribution >= 4 is 15.8 Å². The zero-order valence-corrected chi connectivity index (χ0v) is 16.4. The number of aliphatic imine (C=N–C) groups is 1. The van der Waals surface area contributed by atoms with Gasteiger partial charge in [0.25, 0.3) is 0 Å². The summed E-state index contributed by atoms with van der Waals surface area (Å²) in [6, 6.07) is 8.83. The van der Waals surface area contributed by atoms with Gasteiger partial charge in [0.15, 0.2) is 15.8 Å². The van der Waals surface area contributed by atoms with Crippen LogP contribution in [0.15, 0.2) is 29.3 Å². The van der Waals surface area contributed by atoms with Crippen molar-refractivity contribution in [3.05, 3.63) is 35.4 Å². The molecule has 7 heteroatoms. The molecule has 2 atom stereocenters. The van der Waals surface area contributed by atoms with E-state index in [-0.39, 0.29) is 23.6 Å². The molecule has 6 nitrogen and oxygen atoms in total. The van der Waals surface area contributed by atoms with Crippen molar-refractivity contribution in [3.63, 3.8) is 0 Å². The lowest BCUT2D eigenvalue weighted by Gasteiger charge is -2.26. The maximum absolute atomic E-state index is 11.6. The average molecular weight is 367 g/mol. The Morgan fingerprint density at radius 2 is 2.00 bits per heavy atom. The standard InChI is InChI=1S/C18H30N4O2S/c1-5-14-6-8-15(9-7-14)17(22(3)4)12-20-18(19-2)21-16-10-11-25(23,24)13-16/h6-9,16-17H,5,10-13H2,1-4H3,(H2,19,20,21). The van der Waals surface area contributed by atoms with E-state index in [4.69, 9.17) is 0 Å². The summed E-state index contributed by atoms with van der Waals surface area (Å²) in [4.78, 5) is 6.40. The van der Waals surface area contributed by atoms with Crippen molar-refractivity contribution in [3.8, 4) is 0 Å². The lowest BCUT2D eigenvalue weighted by atomic mass is 10.0. The lowest BCUT2D eigenvalue weighted by Crippen LogP contribution is -2.46. The number of nitrogens with zero attached hydrogens (tertiary/aromatic N) is 2. The van der Waals surface area contributed by atoms with E-state index in [1.54, 1.807) is 7.05 Å². The molecule has 0 saturated carbocycles. The van der Waals surface area contributed by atoms with Crippen LogP contribution < -0.4 is 10.6 Å². The molecule has 0 spiro atoms. The summed E-state index contributed by atoms with van der Waals surface area (Å²) in [5.41, 5.74) is 2.57. The summed E-state index contributed by atoms with van der Waals surface area (Å²) >= 11 is 0. The molecule has 2 unspecified atom stereocenters. The van der Waals surface area contributed by atoms with Crippen LogP contribution in [0.3, 0.4) is 0 Å². The van der Waals surface area contributed by atoms with Gasteiger partial charge in [-0.3, -0.25) is 4.99 Å². The SMILES string of the molecule is CCc1ccc(C(CNC(=NC)NC2CCS(=O)(=O)C2)N(C)C)cc1. The minimum absolute atomic E-state index is 0.0576. The normalized spacial score (nSPS) is 21.3. The second-order valence-electron chi connectivity index (χ2n) is 6.77. The predicted octanol–water partition coefficient (Wildman–Crippen LogP) is 1.20. The Kier molecular flexibility index (Phi) is 6.84. The Morgan fingerprint density at radius 3 is 2.48 bits per heavy atom. The monoisotopic (exact) mass is 366 g/mol. The van der Waals surface area contributed by atoms with Crippen LogP contribution in [0.5, 0.6) is 0 Å². The second-order valence-corrected chi connectivity index (χ2v) is 9.00. The van der Waals surface area contributed by atoms with Gasteiger partial charge >= 0.3 is 0 Å². The number of sulfone groups is 1. The van der Waals surface area contributed by atoms with E-state index in [1.165, 1.54) is 11.1 Å². The smallest absolute Gasteiger partial charge is 0.191 e. The molecule has 0 aromatic heterocycles. The van der Waals surface area contributed by atoms with Gasteiger partial charge in [-0.25, -0.2) is 8.42 Å². The molecule has 1 aromatic rings. The Labute approximate surface area is 151 Å². The first kappa shape index (κ1) is 19.7. The van der Waals surface area contributed by atoms with Crippen LogP contribution in [0.2, 0.25) is 0 Å². The first-order valence-electron chi connectivity index (χ1n) is 8.77. The molecular weight excluding hydrogens is 336 g/mol.